The SMILES string of the molecule is Cc1cccn2c(=O)c3cc(C(=O)N4CCN(c5cccc(Cl)c5)CC4)n(C)c3nc12. The molecule has 1 saturated heterocycles. The summed E-state index contributed by atoms with van der Waals surface area (Å²) in [6.07, 6.45) is 1.71. The lowest BCUT2D eigenvalue weighted by molar-refractivity contribution is 0.0737. The molecule has 158 valence electrons. The van der Waals surface area contributed by atoms with Crippen molar-refractivity contribution in [3.8, 4) is 0 Å². The van der Waals surface area contributed by atoms with Crippen molar-refractivity contribution in [1.29, 1.82) is 0 Å². The first-order valence-electron chi connectivity index (χ1n) is 10.2. The molecule has 1 aliphatic heterocycles. The van der Waals surface area contributed by atoms with Crippen LogP contribution in [0.25, 0.3) is 16.7 Å². The molecule has 0 radical (unpaired) electrons. The van der Waals surface area contributed by atoms with Gasteiger partial charge in [-0.1, -0.05) is 23.7 Å². The minimum absolute atomic E-state index is 0.0866. The highest BCUT2D eigenvalue weighted by Gasteiger charge is 2.26. The van der Waals surface area contributed by atoms with Crippen molar-refractivity contribution in [3.63, 3.8) is 0 Å². The molecule has 0 atom stereocenters. The van der Waals surface area contributed by atoms with Crippen LogP contribution >= 0.6 is 11.6 Å². The van der Waals surface area contributed by atoms with Gasteiger partial charge in [0, 0.05) is 50.1 Å². The summed E-state index contributed by atoms with van der Waals surface area (Å²) in [6, 6.07) is 13.2. The van der Waals surface area contributed by atoms with E-state index < -0.39 is 0 Å². The minimum atomic E-state index is -0.163. The van der Waals surface area contributed by atoms with Crippen LogP contribution in [0.2, 0.25) is 5.02 Å². The summed E-state index contributed by atoms with van der Waals surface area (Å²) in [4.78, 5) is 35.0. The van der Waals surface area contributed by atoms with Crippen molar-refractivity contribution in [1.82, 2.24) is 18.9 Å². The Balaban J connectivity index is 1.45. The summed E-state index contributed by atoms with van der Waals surface area (Å²) >= 11 is 6.11. The van der Waals surface area contributed by atoms with E-state index in [9.17, 15) is 9.59 Å². The van der Waals surface area contributed by atoms with Gasteiger partial charge in [-0.25, -0.2) is 4.98 Å². The average molecular weight is 436 g/mol. The summed E-state index contributed by atoms with van der Waals surface area (Å²) in [6.45, 7) is 4.56. The number of pyridine rings is 1. The van der Waals surface area contributed by atoms with Crippen LogP contribution in [0, 0.1) is 6.92 Å². The lowest BCUT2D eigenvalue weighted by atomic mass is 10.2. The highest BCUT2D eigenvalue weighted by molar-refractivity contribution is 6.30. The third-order valence-corrected chi connectivity index (χ3v) is 6.22. The Hall–Kier alpha value is -3.32. The van der Waals surface area contributed by atoms with Gasteiger partial charge in [0.05, 0.1) is 5.39 Å². The van der Waals surface area contributed by atoms with Crippen LogP contribution in [-0.4, -0.2) is 50.9 Å². The Kier molecular flexibility index (Phi) is 4.70. The number of fused-ring (bicyclic) bond motifs is 2. The quantitative estimate of drug-likeness (QED) is 0.485. The van der Waals surface area contributed by atoms with Crippen molar-refractivity contribution in [2.45, 2.75) is 6.92 Å². The van der Waals surface area contributed by atoms with E-state index in [1.54, 1.807) is 23.9 Å². The molecule has 3 aromatic heterocycles. The number of aromatic nitrogens is 3. The number of nitrogens with zero attached hydrogens (tertiary/aromatic N) is 5. The van der Waals surface area contributed by atoms with E-state index >= 15 is 0 Å². The summed E-state index contributed by atoms with van der Waals surface area (Å²) < 4.78 is 3.27. The van der Waals surface area contributed by atoms with Gasteiger partial charge < -0.3 is 14.4 Å². The minimum Gasteiger partial charge on any atom is -0.368 e. The summed E-state index contributed by atoms with van der Waals surface area (Å²) in [5, 5.41) is 1.15. The average Bonchev–Trinajstić information content (AvgIpc) is 3.11. The van der Waals surface area contributed by atoms with E-state index in [4.69, 9.17) is 11.6 Å². The molecule has 0 saturated carbocycles. The zero-order valence-electron chi connectivity index (χ0n) is 17.4. The predicted octanol–water partition coefficient (Wildman–Crippen LogP) is 3.11. The maximum atomic E-state index is 13.3. The summed E-state index contributed by atoms with van der Waals surface area (Å²) in [7, 11) is 1.79. The van der Waals surface area contributed by atoms with E-state index in [1.165, 1.54) is 4.40 Å². The lowest BCUT2D eigenvalue weighted by Crippen LogP contribution is -2.49. The number of carbonyl (C=O) groups is 1. The molecule has 8 heteroatoms. The first kappa shape index (κ1) is 19.6. The number of hydrogen-bond acceptors (Lipinski definition) is 4. The third kappa shape index (κ3) is 3.25. The van der Waals surface area contributed by atoms with Crippen LogP contribution in [0.4, 0.5) is 5.69 Å². The Morgan fingerprint density at radius 1 is 1.03 bits per heavy atom. The van der Waals surface area contributed by atoms with Crippen LogP contribution < -0.4 is 10.5 Å². The highest BCUT2D eigenvalue weighted by atomic mass is 35.5. The second kappa shape index (κ2) is 7.42. The number of benzene rings is 1. The fraction of sp³-hybridized carbons (Fsp3) is 0.261. The van der Waals surface area contributed by atoms with Crippen LogP contribution in [-0.2, 0) is 7.05 Å². The fourth-order valence-electron chi connectivity index (χ4n) is 4.24. The molecule has 0 N–H and O–H groups in total. The number of piperazine rings is 1. The molecule has 31 heavy (non-hydrogen) atoms. The molecule has 0 bridgehead atoms. The Morgan fingerprint density at radius 3 is 2.55 bits per heavy atom. The molecule has 1 aromatic carbocycles. The van der Waals surface area contributed by atoms with Crippen molar-refractivity contribution < 1.29 is 4.79 Å². The lowest BCUT2D eigenvalue weighted by Gasteiger charge is -2.36. The second-order valence-corrected chi connectivity index (χ2v) is 8.32. The van der Waals surface area contributed by atoms with E-state index in [-0.39, 0.29) is 11.5 Å². The first-order chi connectivity index (χ1) is 14.9. The van der Waals surface area contributed by atoms with Gasteiger partial charge in [-0.2, -0.15) is 0 Å². The van der Waals surface area contributed by atoms with E-state index in [2.05, 4.69) is 9.88 Å². The molecule has 1 fully saturated rings. The van der Waals surface area contributed by atoms with E-state index in [0.717, 1.165) is 24.3 Å². The third-order valence-electron chi connectivity index (χ3n) is 5.98. The van der Waals surface area contributed by atoms with Crippen molar-refractivity contribution in [2.24, 2.45) is 7.05 Å². The molecule has 7 nitrogen and oxygen atoms in total. The van der Waals surface area contributed by atoms with Crippen molar-refractivity contribution in [3.05, 3.63) is 75.3 Å². The van der Waals surface area contributed by atoms with E-state index in [1.807, 2.05) is 48.2 Å². The van der Waals surface area contributed by atoms with Crippen LogP contribution in [0.1, 0.15) is 16.1 Å². The van der Waals surface area contributed by atoms with Gasteiger partial charge in [0.15, 0.2) is 0 Å². The Bertz CT molecular complexity index is 1380. The molecule has 1 aliphatic rings. The standard InChI is InChI=1S/C23H22ClN5O2/c1-15-5-4-8-29-20(15)25-21-18(22(29)30)14-19(26(21)2)23(31)28-11-9-27(10-12-28)17-7-3-6-16(24)13-17/h3-8,13-14H,9-12H2,1-2H3. The van der Waals surface area contributed by atoms with Gasteiger partial charge in [0.25, 0.3) is 11.5 Å². The van der Waals surface area contributed by atoms with Crippen molar-refractivity contribution in [2.75, 3.05) is 31.1 Å². The molecular weight excluding hydrogens is 414 g/mol. The Labute approximate surface area is 184 Å². The van der Waals surface area contributed by atoms with Gasteiger partial charge in [0.1, 0.15) is 17.0 Å². The topological polar surface area (TPSA) is 62.9 Å². The summed E-state index contributed by atoms with van der Waals surface area (Å²) in [5.74, 6) is -0.0866. The number of anilines is 1. The maximum absolute atomic E-state index is 13.3. The van der Waals surface area contributed by atoms with Gasteiger partial charge in [-0.15, -0.1) is 0 Å². The molecule has 1 amide bonds. The van der Waals surface area contributed by atoms with Gasteiger partial charge in [0.2, 0.25) is 0 Å². The zero-order valence-corrected chi connectivity index (χ0v) is 18.1. The first-order valence-corrected chi connectivity index (χ1v) is 10.6. The number of rotatable bonds is 2. The van der Waals surface area contributed by atoms with Gasteiger partial charge in [-0.3, -0.25) is 14.0 Å². The fourth-order valence-corrected chi connectivity index (χ4v) is 4.42. The van der Waals surface area contributed by atoms with Crippen LogP contribution in [0.5, 0.6) is 0 Å². The number of aryl methyl sites for hydroxylation is 2. The van der Waals surface area contributed by atoms with Crippen LogP contribution in [0.3, 0.4) is 0 Å². The molecule has 4 aromatic rings. The second-order valence-electron chi connectivity index (χ2n) is 7.89. The smallest absolute Gasteiger partial charge is 0.270 e. The monoisotopic (exact) mass is 435 g/mol. The predicted molar refractivity (Wildman–Crippen MR) is 122 cm³/mol. The Morgan fingerprint density at radius 2 is 1.81 bits per heavy atom. The van der Waals surface area contributed by atoms with Crippen molar-refractivity contribution >= 4 is 39.9 Å². The van der Waals surface area contributed by atoms with Crippen LogP contribution in [0.15, 0.2) is 53.5 Å². The number of hydrogen-bond donors (Lipinski definition) is 0. The van der Waals surface area contributed by atoms with Gasteiger partial charge in [-0.05, 0) is 42.8 Å². The molecule has 5 rings (SSSR count). The number of amides is 1. The normalized spacial score (nSPS) is 14.5. The molecule has 0 unspecified atom stereocenters. The molecule has 0 aliphatic carbocycles. The number of halogens is 1. The maximum Gasteiger partial charge on any atom is 0.270 e. The molecule has 4 heterocycles. The van der Waals surface area contributed by atoms with E-state index in [0.29, 0.717) is 40.5 Å². The highest BCUT2D eigenvalue weighted by Crippen LogP contribution is 2.22. The summed E-state index contributed by atoms with van der Waals surface area (Å²) in [5.41, 5.74) is 3.42. The zero-order chi connectivity index (χ0) is 21.7. The number of carbonyl (C=O) groups excluding carboxylic acids is 1. The molecular formula is C23H22ClN5O2. The largest absolute Gasteiger partial charge is 0.368 e. The van der Waals surface area contributed by atoms with Gasteiger partial charge >= 0.3 is 0 Å². The molecule has 0 spiro atoms.